The Labute approximate surface area is 126 Å². The number of H-pyrrole nitrogens is 1. The highest BCUT2D eigenvalue weighted by atomic mass is 35.5. The number of nitrogens with one attached hydrogen (secondary N) is 1. The van der Waals surface area contributed by atoms with Crippen molar-refractivity contribution >= 4 is 23.3 Å². The number of aromatic amines is 1. The summed E-state index contributed by atoms with van der Waals surface area (Å²) in [5.41, 5.74) is 6.92. The number of hydrogen-bond donors (Lipinski definition) is 2. The molecule has 0 spiro atoms. The van der Waals surface area contributed by atoms with Gasteiger partial charge in [0.25, 0.3) is 5.91 Å². The summed E-state index contributed by atoms with van der Waals surface area (Å²) in [4.78, 5) is 14.1. The predicted octanol–water partition coefficient (Wildman–Crippen LogP) is 1.86. The SMILES string of the molecule is Nc1cc(C(=O)N2CCO[C@@H](c3ccc(Cl)cc3)C2)[nH]n1. The number of nitrogens with zero attached hydrogens (tertiary/aromatic N) is 2. The van der Waals surface area contributed by atoms with Gasteiger partial charge in [0.05, 0.1) is 13.2 Å². The summed E-state index contributed by atoms with van der Waals surface area (Å²) in [5, 5.41) is 7.10. The minimum Gasteiger partial charge on any atom is -0.382 e. The molecule has 1 fully saturated rings. The summed E-state index contributed by atoms with van der Waals surface area (Å²) in [5.74, 6) is 0.183. The molecule has 0 unspecified atom stereocenters. The van der Waals surface area contributed by atoms with Crippen molar-refractivity contribution in [1.82, 2.24) is 15.1 Å². The molecule has 110 valence electrons. The third-order valence-corrected chi connectivity index (χ3v) is 3.68. The first-order valence-electron chi connectivity index (χ1n) is 6.61. The highest BCUT2D eigenvalue weighted by Gasteiger charge is 2.27. The maximum atomic E-state index is 12.4. The first kappa shape index (κ1) is 13.9. The fourth-order valence-electron chi connectivity index (χ4n) is 2.33. The minimum atomic E-state index is -0.153. The molecule has 3 N–H and O–H groups in total. The van der Waals surface area contributed by atoms with Crippen LogP contribution in [0.3, 0.4) is 0 Å². The lowest BCUT2D eigenvalue weighted by Gasteiger charge is -2.32. The van der Waals surface area contributed by atoms with E-state index >= 15 is 0 Å². The van der Waals surface area contributed by atoms with Crippen molar-refractivity contribution in [3.8, 4) is 0 Å². The maximum absolute atomic E-state index is 12.4. The molecule has 0 aliphatic carbocycles. The van der Waals surface area contributed by atoms with Gasteiger partial charge in [-0.05, 0) is 17.7 Å². The van der Waals surface area contributed by atoms with Crippen LogP contribution in [0.15, 0.2) is 30.3 Å². The van der Waals surface area contributed by atoms with Gasteiger partial charge in [-0.15, -0.1) is 0 Å². The second kappa shape index (κ2) is 5.75. The Morgan fingerprint density at radius 1 is 1.43 bits per heavy atom. The zero-order valence-corrected chi connectivity index (χ0v) is 12.0. The molecule has 0 bridgehead atoms. The summed E-state index contributed by atoms with van der Waals surface area (Å²) in [7, 11) is 0. The number of halogens is 1. The summed E-state index contributed by atoms with van der Waals surface area (Å²) in [6.45, 7) is 1.52. The van der Waals surface area contributed by atoms with Crippen LogP contribution in [-0.2, 0) is 4.74 Å². The van der Waals surface area contributed by atoms with Gasteiger partial charge in [-0.25, -0.2) is 0 Å². The molecule has 3 rings (SSSR count). The van der Waals surface area contributed by atoms with E-state index in [1.165, 1.54) is 6.07 Å². The maximum Gasteiger partial charge on any atom is 0.272 e. The lowest BCUT2D eigenvalue weighted by atomic mass is 10.1. The number of carbonyl (C=O) groups is 1. The number of anilines is 1. The molecule has 2 aromatic rings. The predicted molar refractivity (Wildman–Crippen MR) is 79.0 cm³/mol. The van der Waals surface area contributed by atoms with Crippen molar-refractivity contribution in [3.05, 3.63) is 46.6 Å². The molecule has 1 amide bonds. The molecule has 1 aliphatic rings. The van der Waals surface area contributed by atoms with Crippen LogP contribution in [0.4, 0.5) is 5.82 Å². The molecule has 21 heavy (non-hydrogen) atoms. The Kier molecular flexibility index (Phi) is 3.81. The van der Waals surface area contributed by atoms with E-state index in [-0.39, 0.29) is 12.0 Å². The molecule has 2 heterocycles. The fourth-order valence-corrected chi connectivity index (χ4v) is 2.46. The van der Waals surface area contributed by atoms with Crippen LogP contribution < -0.4 is 5.73 Å². The largest absolute Gasteiger partial charge is 0.382 e. The third kappa shape index (κ3) is 3.01. The molecule has 1 saturated heterocycles. The van der Waals surface area contributed by atoms with Crippen molar-refractivity contribution in [2.75, 3.05) is 25.4 Å². The Morgan fingerprint density at radius 3 is 2.86 bits per heavy atom. The standard InChI is InChI=1S/C14H15ClN4O2/c15-10-3-1-9(2-4-10)12-8-19(5-6-21-12)14(20)11-7-13(16)18-17-11/h1-4,7,12H,5-6,8H2,(H3,16,17,18)/t12-/m1/s1. The van der Waals surface area contributed by atoms with E-state index in [4.69, 9.17) is 22.1 Å². The molecule has 1 aliphatic heterocycles. The fraction of sp³-hybridized carbons (Fsp3) is 0.286. The highest BCUT2D eigenvalue weighted by Crippen LogP contribution is 2.24. The van der Waals surface area contributed by atoms with Crippen molar-refractivity contribution in [1.29, 1.82) is 0 Å². The molecular weight excluding hydrogens is 292 g/mol. The van der Waals surface area contributed by atoms with Crippen molar-refractivity contribution in [3.63, 3.8) is 0 Å². The number of rotatable bonds is 2. The van der Waals surface area contributed by atoms with Gasteiger partial charge in [0.15, 0.2) is 0 Å². The lowest BCUT2D eigenvalue weighted by molar-refractivity contribution is -0.0230. The van der Waals surface area contributed by atoms with E-state index in [9.17, 15) is 4.79 Å². The molecule has 0 radical (unpaired) electrons. The number of benzene rings is 1. The number of hydrogen-bond acceptors (Lipinski definition) is 4. The first-order valence-corrected chi connectivity index (χ1v) is 6.98. The van der Waals surface area contributed by atoms with Gasteiger partial charge >= 0.3 is 0 Å². The van der Waals surface area contributed by atoms with E-state index in [1.807, 2.05) is 24.3 Å². The molecular formula is C14H15ClN4O2. The molecule has 0 saturated carbocycles. The highest BCUT2D eigenvalue weighted by molar-refractivity contribution is 6.30. The normalized spacial score (nSPS) is 18.7. The van der Waals surface area contributed by atoms with Crippen LogP contribution in [0.1, 0.15) is 22.2 Å². The van der Waals surface area contributed by atoms with Crippen molar-refractivity contribution in [2.45, 2.75) is 6.10 Å². The average molecular weight is 307 g/mol. The monoisotopic (exact) mass is 306 g/mol. The van der Waals surface area contributed by atoms with Gasteiger partial charge < -0.3 is 15.4 Å². The van der Waals surface area contributed by atoms with Gasteiger partial charge in [-0.1, -0.05) is 23.7 Å². The zero-order chi connectivity index (χ0) is 14.8. The van der Waals surface area contributed by atoms with Gasteiger partial charge in [-0.2, -0.15) is 5.10 Å². The summed E-state index contributed by atoms with van der Waals surface area (Å²) in [6, 6.07) is 8.99. The zero-order valence-electron chi connectivity index (χ0n) is 11.3. The summed E-state index contributed by atoms with van der Waals surface area (Å²) < 4.78 is 5.74. The molecule has 6 nitrogen and oxygen atoms in total. The lowest BCUT2D eigenvalue weighted by Crippen LogP contribution is -2.42. The molecule has 7 heteroatoms. The number of carbonyl (C=O) groups excluding carboxylic acids is 1. The van der Waals surface area contributed by atoms with E-state index in [1.54, 1.807) is 4.90 Å². The number of morpholine rings is 1. The van der Waals surface area contributed by atoms with Gasteiger partial charge in [0.2, 0.25) is 0 Å². The average Bonchev–Trinajstić information content (AvgIpc) is 2.94. The topological polar surface area (TPSA) is 84.2 Å². The Hall–Kier alpha value is -2.05. The number of ether oxygens (including phenoxy) is 1. The van der Waals surface area contributed by atoms with Crippen molar-refractivity contribution in [2.24, 2.45) is 0 Å². The third-order valence-electron chi connectivity index (χ3n) is 3.42. The number of amides is 1. The van der Waals surface area contributed by atoms with Gasteiger partial charge in [0, 0.05) is 17.6 Å². The van der Waals surface area contributed by atoms with Crippen LogP contribution in [0, 0.1) is 0 Å². The van der Waals surface area contributed by atoms with Crippen LogP contribution in [0.2, 0.25) is 5.02 Å². The van der Waals surface area contributed by atoms with E-state index in [0.717, 1.165) is 5.56 Å². The molecule has 1 aromatic heterocycles. The van der Waals surface area contributed by atoms with Gasteiger partial charge in [-0.3, -0.25) is 9.89 Å². The molecule has 1 atom stereocenters. The van der Waals surface area contributed by atoms with Crippen LogP contribution in [0.25, 0.3) is 0 Å². The number of nitrogen functional groups attached to an aromatic ring is 1. The van der Waals surface area contributed by atoms with Crippen LogP contribution >= 0.6 is 11.6 Å². The Bertz CT molecular complexity index is 641. The Morgan fingerprint density at radius 2 is 2.19 bits per heavy atom. The van der Waals surface area contributed by atoms with Gasteiger partial charge in [0.1, 0.15) is 17.6 Å². The smallest absolute Gasteiger partial charge is 0.272 e. The van der Waals surface area contributed by atoms with Crippen LogP contribution in [-0.4, -0.2) is 40.7 Å². The second-order valence-corrected chi connectivity index (χ2v) is 5.31. The minimum absolute atomic E-state index is 0.124. The quantitative estimate of drug-likeness (QED) is 0.887. The van der Waals surface area contributed by atoms with Crippen molar-refractivity contribution < 1.29 is 9.53 Å². The van der Waals surface area contributed by atoms with E-state index in [0.29, 0.717) is 36.2 Å². The summed E-state index contributed by atoms with van der Waals surface area (Å²) >= 11 is 5.88. The molecule has 1 aromatic carbocycles. The second-order valence-electron chi connectivity index (χ2n) is 4.87. The van der Waals surface area contributed by atoms with Crippen LogP contribution in [0.5, 0.6) is 0 Å². The Balaban J connectivity index is 1.73. The van der Waals surface area contributed by atoms with E-state index in [2.05, 4.69) is 10.2 Å². The first-order chi connectivity index (χ1) is 10.1. The van der Waals surface area contributed by atoms with E-state index < -0.39 is 0 Å². The summed E-state index contributed by atoms with van der Waals surface area (Å²) in [6.07, 6.45) is -0.153. The number of aromatic nitrogens is 2. The number of nitrogens with two attached hydrogens (primary N) is 1.